The molecule has 0 heterocycles. The zero-order valence-electron chi connectivity index (χ0n) is 9.83. The highest BCUT2D eigenvalue weighted by atomic mass is 35.6. The number of alkyl carbamates (subject to hydrolysis) is 1. The molecule has 1 aromatic carbocycles. The van der Waals surface area contributed by atoms with E-state index in [4.69, 9.17) is 39.5 Å². The summed E-state index contributed by atoms with van der Waals surface area (Å²) in [5.41, 5.74) is 0.700. The summed E-state index contributed by atoms with van der Waals surface area (Å²) in [6.45, 7) is 2.23. The molecule has 1 rings (SSSR count). The molecule has 0 aliphatic heterocycles. The van der Waals surface area contributed by atoms with Gasteiger partial charge in [0.15, 0.2) is 0 Å². The molecule has 1 amide bonds. The summed E-state index contributed by atoms with van der Waals surface area (Å²) in [5, 5.41) is 2.55. The average molecular weight is 311 g/mol. The second-order valence-corrected chi connectivity index (χ2v) is 6.03. The summed E-state index contributed by atoms with van der Waals surface area (Å²) in [6.07, 6.45) is 0.133. The Balaban J connectivity index is 2.78. The van der Waals surface area contributed by atoms with E-state index < -0.39 is 15.9 Å². The number of benzene rings is 1. The van der Waals surface area contributed by atoms with Crippen molar-refractivity contribution in [3.8, 4) is 0 Å². The van der Waals surface area contributed by atoms with Crippen LogP contribution in [0.4, 0.5) is 4.79 Å². The molecule has 0 saturated carbocycles. The van der Waals surface area contributed by atoms with Gasteiger partial charge < -0.3 is 10.1 Å². The van der Waals surface area contributed by atoms with Crippen LogP contribution in [0.25, 0.3) is 0 Å². The van der Waals surface area contributed by atoms with Crippen LogP contribution < -0.4 is 5.32 Å². The van der Waals surface area contributed by atoms with Crippen LogP contribution in [0.15, 0.2) is 30.3 Å². The minimum atomic E-state index is -1.65. The van der Waals surface area contributed by atoms with Gasteiger partial charge in [-0.2, -0.15) is 0 Å². The molecule has 18 heavy (non-hydrogen) atoms. The van der Waals surface area contributed by atoms with Gasteiger partial charge in [-0.25, -0.2) is 4.79 Å². The highest BCUT2D eigenvalue weighted by Crippen LogP contribution is 2.39. The first-order chi connectivity index (χ1) is 8.45. The predicted octanol–water partition coefficient (Wildman–Crippen LogP) is 4.23. The summed E-state index contributed by atoms with van der Waals surface area (Å²) >= 11 is 17.6. The van der Waals surface area contributed by atoms with Crippen LogP contribution in [0.2, 0.25) is 0 Å². The number of hydrogen-bond donors (Lipinski definition) is 1. The Hall–Kier alpha value is -0.640. The SMILES string of the molecule is CCCOC(=O)N[C@@H](c1ccccc1)C(Cl)(Cl)Cl. The van der Waals surface area contributed by atoms with Crippen molar-refractivity contribution < 1.29 is 9.53 Å². The molecular weight excluding hydrogens is 296 g/mol. The van der Waals surface area contributed by atoms with Gasteiger partial charge in [0.1, 0.15) is 6.04 Å². The fraction of sp³-hybridized carbons (Fsp3) is 0.417. The minimum Gasteiger partial charge on any atom is -0.450 e. The van der Waals surface area contributed by atoms with E-state index in [1.807, 2.05) is 13.0 Å². The third-order valence-electron chi connectivity index (χ3n) is 2.16. The Labute approximate surface area is 121 Å². The molecule has 1 N–H and O–H groups in total. The van der Waals surface area contributed by atoms with Gasteiger partial charge >= 0.3 is 6.09 Å². The Bertz CT molecular complexity index is 379. The smallest absolute Gasteiger partial charge is 0.407 e. The molecule has 0 spiro atoms. The summed E-state index contributed by atoms with van der Waals surface area (Å²) in [4.78, 5) is 11.5. The van der Waals surface area contributed by atoms with E-state index >= 15 is 0 Å². The van der Waals surface area contributed by atoms with Crippen molar-refractivity contribution in [3.63, 3.8) is 0 Å². The van der Waals surface area contributed by atoms with Crippen LogP contribution in [0.1, 0.15) is 24.9 Å². The largest absolute Gasteiger partial charge is 0.450 e. The predicted molar refractivity (Wildman–Crippen MR) is 74.2 cm³/mol. The summed E-state index contributed by atoms with van der Waals surface area (Å²) < 4.78 is 3.27. The first kappa shape index (κ1) is 15.4. The highest BCUT2D eigenvalue weighted by Gasteiger charge is 2.35. The highest BCUT2D eigenvalue weighted by molar-refractivity contribution is 6.68. The van der Waals surface area contributed by atoms with E-state index in [-0.39, 0.29) is 0 Å². The second-order valence-electron chi connectivity index (χ2n) is 3.67. The summed E-state index contributed by atoms with van der Waals surface area (Å²) in [6, 6.07) is 8.23. The zero-order valence-corrected chi connectivity index (χ0v) is 12.1. The van der Waals surface area contributed by atoms with E-state index in [0.717, 1.165) is 6.42 Å². The van der Waals surface area contributed by atoms with E-state index in [0.29, 0.717) is 12.2 Å². The Kier molecular flexibility index (Phi) is 6.06. The number of carbonyl (C=O) groups is 1. The van der Waals surface area contributed by atoms with Gasteiger partial charge in [0.05, 0.1) is 6.61 Å². The summed E-state index contributed by atoms with van der Waals surface area (Å²) in [7, 11) is 0. The van der Waals surface area contributed by atoms with Gasteiger partial charge in [-0.15, -0.1) is 0 Å². The first-order valence-electron chi connectivity index (χ1n) is 5.50. The number of rotatable bonds is 4. The molecule has 0 aliphatic carbocycles. The maximum atomic E-state index is 11.5. The number of nitrogens with one attached hydrogen (secondary N) is 1. The summed E-state index contributed by atoms with van der Waals surface area (Å²) in [5.74, 6) is 0. The number of carbonyl (C=O) groups excluding carboxylic acids is 1. The van der Waals surface area contributed by atoms with E-state index in [1.54, 1.807) is 24.3 Å². The topological polar surface area (TPSA) is 38.3 Å². The Morgan fingerprint density at radius 1 is 1.33 bits per heavy atom. The Morgan fingerprint density at radius 2 is 1.94 bits per heavy atom. The molecule has 0 unspecified atom stereocenters. The van der Waals surface area contributed by atoms with Crippen LogP contribution in [0, 0.1) is 0 Å². The fourth-order valence-electron chi connectivity index (χ4n) is 1.35. The molecule has 6 heteroatoms. The lowest BCUT2D eigenvalue weighted by Gasteiger charge is -2.25. The molecule has 0 fully saturated rings. The van der Waals surface area contributed by atoms with Crippen molar-refractivity contribution in [2.75, 3.05) is 6.61 Å². The van der Waals surface area contributed by atoms with E-state index in [9.17, 15) is 4.79 Å². The van der Waals surface area contributed by atoms with Crippen LogP contribution in [-0.4, -0.2) is 16.5 Å². The van der Waals surface area contributed by atoms with Crippen molar-refractivity contribution >= 4 is 40.9 Å². The number of ether oxygens (including phenoxy) is 1. The minimum absolute atomic E-state index is 0.327. The van der Waals surface area contributed by atoms with Crippen molar-refractivity contribution in [1.29, 1.82) is 0 Å². The maximum absolute atomic E-state index is 11.5. The van der Waals surface area contributed by atoms with Crippen LogP contribution >= 0.6 is 34.8 Å². The number of amides is 1. The molecule has 3 nitrogen and oxygen atoms in total. The van der Waals surface area contributed by atoms with Crippen LogP contribution in [0.3, 0.4) is 0 Å². The monoisotopic (exact) mass is 309 g/mol. The number of alkyl halides is 3. The lowest BCUT2D eigenvalue weighted by Crippen LogP contribution is -2.36. The zero-order chi connectivity index (χ0) is 13.6. The normalized spacial score (nSPS) is 12.9. The van der Waals surface area contributed by atoms with Crippen LogP contribution in [-0.2, 0) is 4.74 Å². The molecule has 1 atom stereocenters. The van der Waals surface area contributed by atoms with E-state index in [1.165, 1.54) is 0 Å². The molecular formula is C12H14Cl3NO2. The molecule has 0 saturated heterocycles. The third-order valence-corrected chi connectivity index (χ3v) is 2.81. The van der Waals surface area contributed by atoms with Gasteiger partial charge in [-0.1, -0.05) is 72.1 Å². The molecule has 0 bridgehead atoms. The molecule has 0 aliphatic rings. The van der Waals surface area contributed by atoms with Gasteiger partial charge in [0.2, 0.25) is 3.79 Å². The number of halogens is 3. The lowest BCUT2D eigenvalue weighted by molar-refractivity contribution is 0.142. The lowest BCUT2D eigenvalue weighted by atomic mass is 10.1. The standard InChI is InChI=1S/C12H14Cl3NO2/c1-2-8-18-11(17)16-10(12(13,14)15)9-6-4-3-5-7-9/h3-7,10H,2,8H2,1H3,(H,16,17)/t10-/m0/s1. The van der Waals surface area contributed by atoms with Gasteiger partial charge in [-0.05, 0) is 12.0 Å². The van der Waals surface area contributed by atoms with Gasteiger partial charge in [0.25, 0.3) is 0 Å². The maximum Gasteiger partial charge on any atom is 0.407 e. The van der Waals surface area contributed by atoms with Gasteiger partial charge in [-0.3, -0.25) is 0 Å². The van der Waals surface area contributed by atoms with E-state index in [2.05, 4.69) is 5.32 Å². The number of hydrogen-bond acceptors (Lipinski definition) is 2. The van der Waals surface area contributed by atoms with Crippen molar-refractivity contribution in [1.82, 2.24) is 5.32 Å². The molecule has 0 radical (unpaired) electrons. The molecule has 1 aromatic rings. The van der Waals surface area contributed by atoms with Crippen LogP contribution in [0.5, 0.6) is 0 Å². The first-order valence-corrected chi connectivity index (χ1v) is 6.63. The quantitative estimate of drug-likeness (QED) is 0.845. The van der Waals surface area contributed by atoms with Crippen molar-refractivity contribution in [3.05, 3.63) is 35.9 Å². The fourth-order valence-corrected chi connectivity index (χ4v) is 1.90. The third kappa shape index (κ3) is 4.92. The second kappa shape index (κ2) is 7.07. The Morgan fingerprint density at radius 3 is 2.44 bits per heavy atom. The molecule has 100 valence electrons. The van der Waals surface area contributed by atoms with Crippen molar-refractivity contribution in [2.24, 2.45) is 0 Å². The average Bonchev–Trinajstić information content (AvgIpc) is 2.33. The van der Waals surface area contributed by atoms with Crippen molar-refractivity contribution in [2.45, 2.75) is 23.2 Å². The van der Waals surface area contributed by atoms with Gasteiger partial charge in [0, 0.05) is 0 Å². The molecule has 0 aromatic heterocycles.